The number of hydrazone groups is 1. The van der Waals surface area contributed by atoms with Crippen molar-refractivity contribution in [1.82, 2.24) is 4.98 Å². The molecule has 0 atom stereocenters. The van der Waals surface area contributed by atoms with Gasteiger partial charge in [-0.25, -0.2) is 4.98 Å². The molecule has 0 aliphatic rings. The van der Waals surface area contributed by atoms with Crippen molar-refractivity contribution in [3.63, 3.8) is 0 Å². The molecule has 1 aromatic heterocycles. The van der Waals surface area contributed by atoms with Crippen LogP contribution in [0.15, 0.2) is 39.2 Å². The smallest absolute Gasteiger partial charge is 0.203 e. The summed E-state index contributed by atoms with van der Waals surface area (Å²) in [6.45, 7) is 6.45. The van der Waals surface area contributed by atoms with Gasteiger partial charge >= 0.3 is 0 Å². The normalized spacial score (nSPS) is 12.0. The SMILES string of the molecule is CC(C)(C)c1csc(N/N=C/c2ccc(Br)cc2)n1. The van der Waals surface area contributed by atoms with Crippen LogP contribution in [0.1, 0.15) is 32.0 Å². The van der Waals surface area contributed by atoms with Crippen molar-refractivity contribution in [2.45, 2.75) is 26.2 Å². The highest BCUT2D eigenvalue weighted by Gasteiger charge is 2.17. The Balaban J connectivity index is 1.99. The van der Waals surface area contributed by atoms with Gasteiger partial charge in [0.25, 0.3) is 0 Å². The van der Waals surface area contributed by atoms with E-state index in [0.29, 0.717) is 0 Å². The zero-order chi connectivity index (χ0) is 13.9. The molecule has 0 fully saturated rings. The number of halogens is 1. The molecule has 100 valence electrons. The molecule has 1 N–H and O–H groups in total. The van der Waals surface area contributed by atoms with Crippen molar-refractivity contribution in [3.05, 3.63) is 45.4 Å². The molecule has 0 aliphatic heterocycles. The summed E-state index contributed by atoms with van der Waals surface area (Å²) in [6, 6.07) is 7.97. The lowest BCUT2D eigenvalue weighted by Crippen LogP contribution is -2.11. The summed E-state index contributed by atoms with van der Waals surface area (Å²) in [5, 5.41) is 7.08. The summed E-state index contributed by atoms with van der Waals surface area (Å²) in [5.41, 5.74) is 5.17. The minimum Gasteiger partial charge on any atom is -0.253 e. The van der Waals surface area contributed by atoms with Crippen LogP contribution in [0.4, 0.5) is 5.13 Å². The molecule has 0 bridgehead atoms. The molecule has 1 aromatic carbocycles. The Morgan fingerprint density at radius 1 is 1.26 bits per heavy atom. The Labute approximate surface area is 125 Å². The summed E-state index contributed by atoms with van der Waals surface area (Å²) >= 11 is 4.97. The van der Waals surface area contributed by atoms with Crippen molar-refractivity contribution < 1.29 is 0 Å². The van der Waals surface area contributed by atoms with Gasteiger partial charge < -0.3 is 0 Å². The van der Waals surface area contributed by atoms with E-state index in [0.717, 1.165) is 20.9 Å². The van der Waals surface area contributed by atoms with E-state index >= 15 is 0 Å². The Morgan fingerprint density at radius 3 is 2.53 bits per heavy atom. The highest BCUT2D eigenvalue weighted by molar-refractivity contribution is 9.10. The summed E-state index contributed by atoms with van der Waals surface area (Å²) in [7, 11) is 0. The molecule has 0 spiro atoms. The number of nitrogens with zero attached hydrogens (tertiary/aromatic N) is 2. The fourth-order valence-electron chi connectivity index (χ4n) is 1.38. The predicted molar refractivity (Wildman–Crippen MR) is 86.2 cm³/mol. The Bertz CT molecular complexity index is 567. The maximum atomic E-state index is 4.51. The van der Waals surface area contributed by atoms with Crippen LogP contribution in [0.5, 0.6) is 0 Å². The van der Waals surface area contributed by atoms with E-state index in [-0.39, 0.29) is 5.41 Å². The number of thiazole rings is 1. The van der Waals surface area contributed by atoms with Gasteiger partial charge in [-0.3, -0.25) is 5.43 Å². The van der Waals surface area contributed by atoms with Gasteiger partial charge in [-0.2, -0.15) is 5.10 Å². The van der Waals surface area contributed by atoms with Gasteiger partial charge in [-0.15, -0.1) is 11.3 Å². The van der Waals surface area contributed by atoms with Crippen LogP contribution in [0.3, 0.4) is 0 Å². The van der Waals surface area contributed by atoms with E-state index in [1.54, 1.807) is 17.6 Å². The first-order chi connectivity index (χ1) is 8.95. The molecule has 2 rings (SSSR count). The molecule has 2 aromatic rings. The van der Waals surface area contributed by atoms with Gasteiger partial charge in [0.2, 0.25) is 5.13 Å². The number of hydrogen-bond donors (Lipinski definition) is 1. The zero-order valence-corrected chi connectivity index (χ0v) is 13.5. The quantitative estimate of drug-likeness (QED) is 0.653. The third-order valence-corrected chi connectivity index (χ3v) is 3.79. The van der Waals surface area contributed by atoms with Crippen molar-refractivity contribution in [2.24, 2.45) is 5.10 Å². The summed E-state index contributed by atoms with van der Waals surface area (Å²) in [5.74, 6) is 0. The van der Waals surface area contributed by atoms with Crippen LogP contribution in [0.2, 0.25) is 0 Å². The van der Waals surface area contributed by atoms with Gasteiger partial charge in [-0.1, -0.05) is 48.8 Å². The Kier molecular flexibility index (Phi) is 4.37. The van der Waals surface area contributed by atoms with Gasteiger partial charge in [-0.05, 0) is 17.7 Å². The van der Waals surface area contributed by atoms with Gasteiger partial charge in [0.05, 0.1) is 11.9 Å². The third-order valence-electron chi connectivity index (χ3n) is 2.52. The maximum Gasteiger partial charge on any atom is 0.203 e. The molecule has 1 heterocycles. The van der Waals surface area contributed by atoms with Crippen LogP contribution in [0, 0.1) is 0 Å². The molecular weight excluding hydrogens is 322 g/mol. The average molecular weight is 338 g/mol. The van der Waals surface area contributed by atoms with E-state index in [2.05, 4.69) is 57.6 Å². The Morgan fingerprint density at radius 2 is 1.95 bits per heavy atom. The molecule has 19 heavy (non-hydrogen) atoms. The number of rotatable bonds is 3. The van der Waals surface area contributed by atoms with Gasteiger partial charge in [0.1, 0.15) is 0 Å². The van der Waals surface area contributed by atoms with Crippen molar-refractivity contribution in [2.75, 3.05) is 5.43 Å². The first-order valence-electron chi connectivity index (χ1n) is 5.96. The second-order valence-electron chi connectivity index (χ2n) is 5.21. The summed E-state index contributed by atoms with van der Waals surface area (Å²) in [4.78, 5) is 4.51. The Hall–Kier alpha value is -1.20. The van der Waals surface area contributed by atoms with Crippen LogP contribution in [-0.2, 0) is 5.41 Å². The van der Waals surface area contributed by atoms with E-state index in [1.807, 2.05) is 24.3 Å². The molecule has 0 saturated carbocycles. The summed E-state index contributed by atoms with van der Waals surface area (Å²) < 4.78 is 1.06. The molecule has 0 aliphatic carbocycles. The lowest BCUT2D eigenvalue weighted by atomic mass is 9.93. The lowest BCUT2D eigenvalue weighted by molar-refractivity contribution is 0.573. The monoisotopic (exact) mass is 337 g/mol. The molecule has 0 amide bonds. The molecular formula is C14H16BrN3S. The van der Waals surface area contributed by atoms with Crippen molar-refractivity contribution in [3.8, 4) is 0 Å². The van der Waals surface area contributed by atoms with Crippen molar-refractivity contribution >= 4 is 38.6 Å². The average Bonchev–Trinajstić information content (AvgIpc) is 2.80. The predicted octanol–water partition coefficient (Wildman–Crippen LogP) is 4.65. The molecule has 0 unspecified atom stereocenters. The van der Waals surface area contributed by atoms with Crippen LogP contribution in [-0.4, -0.2) is 11.2 Å². The highest BCUT2D eigenvalue weighted by Crippen LogP contribution is 2.26. The molecule has 0 saturated heterocycles. The zero-order valence-electron chi connectivity index (χ0n) is 11.1. The molecule has 0 radical (unpaired) electrons. The van der Waals surface area contributed by atoms with E-state index < -0.39 is 0 Å². The third kappa shape index (κ3) is 4.14. The number of aromatic nitrogens is 1. The molecule has 5 heteroatoms. The largest absolute Gasteiger partial charge is 0.253 e. The first-order valence-corrected chi connectivity index (χ1v) is 7.63. The van der Waals surface area contributed by atoms with E-state index in [1.165, 1.54) is 0 Å². The van der Waals surface area contributed by atoms with E-state index in [4.69, 9.17) is 0 Å². The lowest BCUT2D eigenvalue weighted by Gasteiger charge is -2.13. The van der Waals surface area contributed by atoms with Crippen LogP contribution >= 0.6 is 27.3 Å². The minimum absolute atomic E-state index is 0.0752. The fraction of sp³-hybridized carbons (Fsp3) is 0.286. The maximum absolute atomic E-state index is 4.51. The van der Waals surface area contributed by atoms with Crippen molar-refractivity contribution in [1.29, 1.82) is 0 Å². The van der Waals surface area contributed by atoms with Gasteiger partial charge in [0, 0.05) is 15.3 Å². The number of benzene rings is 1. The second-order valence-corrected chi connectivity index (χ2v) is 6.98. The number of anilines is 1. The standard InChI is InChI=1S/C14H16BrN3S/c1-14(2,3)12-9-19-13(17-12)18-16-8-10-4-6-11(15)7-5-10/h4-9H,1-3H3,(H,17,18)/b16-8+. The minimum atomic E-state index is 0.0752. The van der Waals surface area contributed by atoms with Crippen LogP contribution in [0.25, 0.3) is 0 Å². The summed E-state index contributed by atoms with van der Waals surface area (Å²) in [6.07, 6.45) is 1.78. The number of hydrogen-bond acceptors (Lipinski definition) is 4. The van der Waals surface area contributed by atoms with Crippen LogP contribution < -0.4 is 5.43 Å². The first kappa shape index (κ1) is 14.2. The fourth-order valence-corrected chi connectivity index (χ4v) is 2.53. The highest BCUT2D eigenvalue weighted by atomic mass is 79.9. The second kappa shape index (κ2) is 5.84. The molecule has 3 nitrogen and oxygen atoms in total. The number of nitrogens with one attached hydrogen (secondary N) is 1. The van der Waals surface area contributed by atoms with Gasteiger partial charge in [0.15, 0.2) is 0 Å². The topological polar surface area (TPSA) is 37.3 Å². The van der Waals surface area contributed by atoms with E-state index in [9.17, 15) is 0 Å².